The highest BCUT2D eigenvalue weighted by atomic mass is 35.5. The van der Waals surface area contributed by atoms with Gasteiger partial charge in [-0.2, -0.15) is 0 Å². The van der Waals surface area contributed by atoms with Crippen LogP contribution in [0.2, 0.25) is 5.02 Å². The van der Waals surface area contributed by atoms with Crippen LogP contribution < -0.4 is 9.62 Å². The molecule has 7 heteroatoms. The van der Waals surface area contributed by atoms with Gasteiger partial charge in [-0.15, -0.1) is 0 Å². The summed E-state index contributed by atoms with van der Waals surface area (Å²) in [6.45, 7) is 1.78. The van der Waals surface area contributed by atoms with Gasteiger partial charge < -0.3 is 9.64 Å². The van der Waals surface area contributed by atoms with Crippen molar-refractivity contribution >= 4 is 33.0 Å². The van der Waals surface area contributed by atoms with Crippen LogP contribution in [0, 0.1) is 0 Å². The van der Waals surface area contributed by atoms with E-state index in [1.54, 1.807) is 49.6 Å². The van der Waals surface area contributed by atoms with Gasteiger partial charge >= 0.3 is 0 Å². The fourth-order valence-electron chi connectivity index (χ4n) is 3.59. The SMILES string of the molecule is CO[C@H]1CCN(c2ccc(NS(=O)(=O)c3cccc(-c4ccc(Cl)cc4)c3)cc2)C1. The average molecular weight is 443 g/mol. The maximum Gasteiger partial charge on any atom is 0.261 e. The molecule has 1 saturated heterocycles. The smallest absolute Gasteiger partial charge is 0.261 e. The van der Waals surface area contributed by atoms with Crippen LogP contribution in [0.4, 0.5) is 11.4 Å². The molecule has 0 spiro atoms. The van der Waals surface area contributed by atoms with Crippen molar-refractivity contribution in [1.82, 2.24) is 0 Å². The summed E-state index contributed by atoms with van der Waals surface area (Å²) in [5.41, 5.74) is 3.30. The lowest BCUT2D eigenvalue weighted by Crippen LogP contribution is -2.22. The summed E-state index contributed by atoms with van der Waals surface area (Å²) >= 11 is 5.95. The summed E-state index contributed by atoms with van der Waals surface area (Å²) < 4.78 is 33.9. The van der Waals surface area contributed by atoms with Crippen LogP contribution in [0.1, 0.15) is 6.42 Å². The molecule has 3 aromatic carbocycles. The summed E-state index contributed by atoms with van der Waals surface area (Å²) in [5, 5.41) is 0.638. The third-order valence-corrected chi connectivity index (χ3v) is 6.92. The lowest BCUT2D eigenvalue weighted by Gasteiger charge is -2.19. The van der Waals surface area contributed by atoms with Crippen LogP contribution >= 0.6 is 11.6 Å². The molecule has 0 aliphatic carbocycles. The number of sulfonamides is 1. The lowest BCUT2D eigenvalue weighted by atomic mass is 10.1. The molecule has 1 atom stereocenters. The first kappa shape index (κ1) is 20.7. The predicted octanol–water partition coefficient (Wildman–Crippen LogP) is 5.03. The van der Waals surface area contributed by atoms with E-state index in [1.165, 1.54) is 0 Å². The minimum Gasteiger partial charge on any atom is -0.380 e. The van der Waals surface area contributed by atoms with Gasteiger partial charge in [0.1, 0.15) is 0 Å². The van der Waals surface area contributed by atoms with Crippen LogP contribution in [0.15, 0.2) is 77.7 Å². The Balaban J connectivity index is 1.50. The maximum atomic E-state index is 12.9. The Labute approximate surface area is 182 Å². The van der Waals surface area contributed by atoms with Gasteiger partial charge in [0.15, 0.2) is 0 Å². The molecular weight excluding hydrogens is 420 g/mol. The Morgan fingerprint density at radius 2 is 1.73 bits per heavy atom. The van der Waals surface area contributed by atoms with E-state index < -0.39 is 10.0 Å². The number of anilines is 2. The number of methoxy groups -OCH3 is 1. The Hall–Kier alpha value is -2.54. The molecule has 156 valence electrons. The molecule has 1 N–H and O–H groups in total. The Morgan fingerprint density at radius 3 is 2.40 bits per heavy atom. The van der Waals surface area contributed by atoms with E-state index in [0.717, 1.165) is 36.3 Å². The molecule has 1 aliphatic heterocycles. The molecule has 30 heavy (non-hydrogen) atoms. The zero-order valence-corrected chi connectivity index (χ0v) is 18.2. The van der Waals surface area contributed by atoms with Crippen LogP contribution in [0.3, 0.4) is 0 Å². The van der Waals surface area contributed by atoms with Crippen molar-refractivity contribution in [2.45, 2.75) is 17.4 Å². The van der Waals surface area contributed by atoms with Crippen molar-refractivity contribution in [3.05, 3.63) is 77.8 Å². The summed E-state index contributed by atoms with van der Waals surface area (Å²) in [7, 11) is -1.98. The largest absolute Gasteiger partial charge is 0.380 e. The van der Waals surface area contributed by atoms with E-state index in [9.17, 15) is 8.42 Å². The molecule has 0 unspecified atom stereocenters. The second kappa shape index (κ2) is 8.68. The molecule has 3 aromatic rings. The first-order chi connectivity index (χ1) is 14.4. The summed E-state index contributed by atoms with van der Waals surface area (Å²) in [5.74, 6) is 0. The number of hydrogen-bond acceptors (Lipinski definition) is 4. The van der Waals surface area contributed by atoms with Crippen molar-refractivity contribution in [2.24, 2.45) is 0 Å². The first-order valence-corrected chi connectivity index (χ1v) is 11.6. The molecule has 1 aliphatic rings. The van der Waals surface area contributed by atoms with Gasteiger partial charge in [-0.3, -0.25) is 4.72 Å². The molecule has 0 amide bonds. The molecule has 5 nitrogen and oxygen atoms in total. The second-order valence-corrected chi connectivity index (χ2v) is 9.40. The van der Waals surface area contributed by atoms with Crippen molar-refractivity contribution in [3.8, 4) is 11.1 Å². The summed E-state index contributed by atoms with van der Waals surface area (Å²) in [6.07, 6.45) is 1.24. The zero-order valence-electron chi connectivity index (χ0n) is 16.6. The highest BCUT2D eigenvalue weighted by Gasteiger charge is 2.22. The van der Waals surface area contributed by atoms with E-state index in [1.807, 2.05) is 30.3 Å². The Morgan fingerprint density at radius 1 is 1.00 bits per heavy atom. The molecule has 1 fully saturated rings. The fourth-order valence-corrected chi connectivity index (χ4v) is 4.82. The number of hydrogen-bond donors (Lipinski definition) is 1. The van der Waals surface area contributed by atoms with E-state index in [4.69, 9.17) is 16.3 Å². The molecule has 0 bridgehead atoms. The monoisotopic (exact) mass is 442 g/mol. The second-order valence-electron chi connectivity index (χ2n) is 7.28. The maximum absolute atomic E-state index is 12.9. The van der Waals surface area contributed by atoms with Crippen molar-refractivity contribution in [2.75, 3.05) is 29.8 Å². The molecule has 1 heterocycles. The van der Waals surface area contributed by atoms with Crippen molar-refractivity contribution in [3.63, 3.8) is 0 Å². The predicted molar refractivity (Wildman–Crippen MR) is 122 cm³/mol. The van der Waals surface area contributed by atoms with Crippen molar-refractivity contribution < 1.29 is 13.2 Å². The van der Waals surface area contributed by atoms with Gasteiger partial charge in [0, 0.05) is 36.6 Å². The standard InChI is InChI=1S/C23H23ClN2O3S/c1-29-22-13-14-26(16-22)21-11-9-20(10-12-21)25-30(27,28)23-4-2-3-18(15-23)17-5-7-19(24)8-6-17/h2-12,15,22,25H,13-14,16H2,1H3/t22-/m0/s1. The topological polar surface area (TPSA) is 58.6 Å². The van der Waals surface area contributed by atoms with Crippen LogP contribution in [-0.2, 0) is 14.8 Å². The molecule has 0 saturated carbocycles. The molecule has 4 rings (SSSR count). The van der Waals surface area contributed by atoms with E-state index in [2.05, 4.69) is 9.62 Å². The van der Waals surface area contributed by atoms with Gasteiger partial charge in [0.2, 0.25) is 0 Å². The molecule has 0 radical (unpaired) electrons. The highest BCUT2D eigenvalue weighted by Crippen LogP contribution is 2.27. The van der Waals surface area contributed by atoms with Gasteiger partial charge in [0.25, 0.3) is 10.0 Å². The number of halogens is 1. The van der Waals surface area contributed by atoms with Crippen molar-refractivity contribution in [1.29, 1.82) is 0 Å². The third kappa shape index (κ3) is 4.61. The third-order valence-electron chi connectivity index (χ3n) is 5.28. The Kier molecular flexibility index (Phi) is 5.99. The van der Waals surface area contributed by atoms with Gasteiger partial charge in [-0.1, -0.05) is 35.9 Å². The van der Waals surface area contributed by atoms with Gasteiger partial charge in [-0.25, -0.2) is 8.42 Å². The van der Waals surface area contributed by atoms with E-state index in [-0.39, 0.29) is 11.0 Å². The van der Waals surface area contributed by atoms with Gasteiger partial charge in [-0.05, 0) is 66.1 Å². The number of nitrogens with zero attached hydrogens (tertiary/aromatic N) is 1. The lowest BCUT2D eigenvalue weighted by molar-refractivity contribution is 0.121. The van der Waals surface area contributed by atoms with Gasteiger partial charge in [0.05, 0.1) is 11.0 Å². The summed E-state index contributed by atoms with van der Waals surface area (Å²) in [4.78, 5) is 2.45. The quantitative estimate of drug-likeness (QED) is 0.581. The van der Waals surface area contributed by atoms with E-state index in [0.29, 0.717) is 10.7 Å². The normalized spacial score (nSPS) is 16.6. The van der Waals surface area contributed by atoms with Crippen LogP contribution in [0.25, 0.3) is 11.1 Å². The number of ether oxygens (including phenoxy) is 1. The zero-order chi connectivity index (χ0) is 21.1. The minimum atomic E-state index is -3.71. The number of rotatable bonds is 6. The summed E-state index contributed by atoms with van der Waals surface area (Å²) in [6, 6.07) is 21.6. The minimum absolute atomic E-state index is 0.210. The number of nitrogens with one attached hydrogen (secondary N) is 1. The molecular formula is C23H23ClN2O3S. The average Bonchev–Trinajstić information content (AvgIpc) is 3.24. The Bertz CT molecular complexity index is 1120. The molecule has 0 aromatic heterocycles. The van der Waals surface area contributed by atoms with Crippen LogP contribution in [-0.4, -0.2) is 34.7 Å². The van der Waals surface area contributed by atoms with Crippen LogP contribution in [0.5, 0.6) is 0 Å². The number of benzene rings is 3. The van der Waals surface area contributed by atoms with E-state index >= 15 is 0 Å². The fraction of sp³-hybridized carbons (Fsp3) is 0.217. The highest BCUT2D eigenvalue weighted by molar-refractivity contribution is 7.92. The first-order valence-electron chi connectivity index (χ1n) is 9.71.